The van der Waals surface area contributed by atoms with Gasteiger partial charge < -0.3 is 9.47 Å². The first-order chi connectivity index (χ1) is 9.72. The van der Waals surface area contributed by atoms with Crippen LogP contribution in [0.1, 0.15) is 32.8 Å². The fourth-order valence-electron chi connectivity index (χ4n) is 2.80. The van der Waals surface area contributed by atoms with Crippen molar-refractivity contribution in [1.29, 1.82) is 0 Å². The summed E-state index contributed by atoms with van der Waals surface area (Å²) in [5.41, 5.74) is 0.496. The molecule has 6 heteroatoms. The van der Waals surface area contributed by atoms with Crippen molar-refractivity contribution in [1.82, 2.24) is 0 Å². The molecule has 4 nitrogen and oxygen atoms in total. The van der Waals surface area contributed by atoms with Gasteiger partial charge in [0.15, 0.2) is 6.23 Å². The zero-order valence-electron chi connectivity index (χ0n) is 12.2. The minimum Gasteiger partial charge on any atom is -0.443 e. The molecule has 3 rings (SSSR count). The van der Waals surface area contributed by atoms with Crippen molar-refractivity contribution in [2.45, 2.75) is 43.9 Å². The zero-order valence-corrected chi connectivity index (χ0v) is 12.9. The van der Waals surface area contributed by atoms with E-state index in [-0.39, 0.29) is 5.82 Å². The number of carbonyl (C=O) groups excluding carboxylic acids is 1. The van der Waals surface area contributed by atoms with Crippen LogP contribution in [0.15, 0.2) is 18.2 Å². The molecule has 1 aromatic rings. The molecular weight excluding hydrogens is 297 g/mol. The molecule has 21 heavy (non-hydrogen) atoms. The Morgan fingerprint density at radius 3 is 2.90 bits per heavy atom. The molecule has 0 spiro atoms. The Hall–Kier alpha value is -1.33. The molecule has 1 saturated heterocycles. The maximum absolute atomic E-state index is 13.6. The highest BCUT2D eigenvalue weighted by molar-refractivity contribution is 6.26. The van der Waals surface area contributed by atoms with Crippen molar-refractivity contribution in [2.75, 3.05) is 11.5 Å². The number of hydrogen-bond acceptors (Lipinski definition) is 3. The predicted octanol–water partition coefficient (Wildman–Crippen LogP) is 3.76. The van der Waals surface area contributed by atoms with Crippen molar-refractivity contribution in [2.24, 2.45) is 0 Å². The van der Waals surface area contributed by atoms with E-state index in [1.807, 2.05) is 0 Å². The van der Waals surface area contributed by atoms with Gasteiger partial charge in [0.2, 0.25) is 0 Å². The molecular formula is C15H17ClFNO3. The van der Waals surface area contributed by atoms with Crippen molar-refractivity contribution in [3.05, 3.63) is 29.6 Å². The average molecular weight is 314 g/mol. The van der Waals surface area contributed by atoms with Crippen LogP contribution in [-0.2, 0) is 14.3 Å². The van der Waals surface area contributed by atoms with Gasteiger partial charge >= 0.3 is 6.09 Å². The topological polar surface area (TPSA) is 38.8 Å². The molecule has 2 aliphatic heterocycles. The van der Waals surface area contributed by atoms with Crippen molar-refractivity contribution in [3.63, 3.8) is 0 Å². The van der Waals surface area contributed by atoms with E-state index in [1.54, 1.807) is 26.8 Å². The molecule has 2 aliphatic rings. The lowest BCUT2D eigenvalue weighted by atomic mass is 9.97. The van der Waals surface area contributed by atoms with Crippen LogP contribution in [0, 0.1) is 5.82 Å². The van der Waals surface area contributed by atoms with Crippen LogP contribution in [0.2, 0.25) is 0 Å². The second kappa shape index (κ2) is 4.58. The SMILES string of the molecule is CC(C)(C)OC(=O)N1c2ccc(F)cc2[C@]2(Cl)CCO[C@H]12. The number of ether oxygens (including phenoxy) is 2. The van der Waals surface area contributed by atoms with E-state index >= 15 is 0 Å². The smallest absolute Gasteiger partial charge is 0.417 e. The Labute approximate surface area is 127 Å². The minimum atomic E-state index is -0.908. The van der Waals surface area contributed by atoms with Gasteiger partial charge in [-0.1, -0.05) is 0 Å². The molecule has 2 heterocycles. The fourth-order valence-corrected chi connectivity index (χ4v) is 3.19. The van der Waals surface area contributed by atoms with Gasteiger partial charge in [0.1, 0.15) is 16.3 Å². The Morgan fingerprint density at radius 1 is 1.52 bits per heavy atom. The van der Waals surface area contributed by atoms with Crippen LogP contribution in [-0.4, -0.2) is 24.5 Å². The summed E-state index contributed by atoms with van der Waals surface area (Å²) in [6.07, 6.45) is -0.676. The first-order valence-electron chi connectivity index (χ1n) is 6.85. The monoisotopic (exact) mass is 313 g/mol. The highest BCUT2D eigenvalue weighted by Gasteiger charge is 2.57. The number of fused-ring (bicyclic) bond motifs is 3. The second-order valence-electron chi connectivity index (χ2n) is 6.35. The van der Waals surface area contributed by atoms with Gasteiger partial charge in [-0.3, -0.25) is 0 Å². The third-order valence-corrected chi connectivity index (χ3v) is 4.20. The van der Waals surface area contributed by atoms with E-state index < -0.39 is 22.8 Å². The number of carbonyl (C=O) groups is 1. The summed E-state index contributed by atoms with van der Waals surface area (Å²) in [7, 11) is 0. The lowest BCUT2D eigenvalue weighted by Crippen LogP contribution is -2.45. The van der Waals surface area contributed by atoms with Crippen LogP contribution < -0.4 is 4.90 Å². The van der Waals surface area contributed by atoms with Crippen LogP contribution in [0.3, 0.4) is 0 Å². The summed E-state index contributed by atoms with van der Waals surface area (Å²) < 4.78 is 24.6. The summed E-state index contributed by atoms with van der Waals surface area (Å²) in [5.74, 6) is -0.384. The molecule has 0 bridgehead atoms. The van der Waals surface area contributed by atoms with E-state index in [0.29, 0.717) is 24.3 Å². The molecule has 1 fully saturated rings. The van der Waals surface area contributed by atoms with Gasteiger partial charge in [-0.05, 0) is 45.4 Å². The number of anilines is 1. The van der Waals surface area contributed by atoms with Gasteiger partial charge in [-0.15, -0.1) is 11.6 Å². The first-order valence-corrected chi connectivity index (χ1v) is 7.23. The zero-order chi connectivity index (χ0) is 15.4. The number of hydrogen-bond donors (Lipinski definition) is 0. The second-order valence-corrected chi connectivity index (χ2v) is 7.02. The maximum Gasteiger partial charge on any atom is 0.417 e. The third kappa shape index (κ3) is 2.28. The molecule has 1 amide bonds. The number of benzene rings is 1. The minimum absolute atomic E-state index is 0.384. The lowest BCUT2D eigenvalue weighted by molar-refractivity contribution is 0.0405. The van der Waals surface area contributed by atoms with Gasteiger partial charge in [-0.25, -0.2) is 14.1 Å². The van der Waals surface area contributed by atoms with Gasteiger partial charge in [0.25, 0.3) is 0 Å². The highest BCUT2D eigenvalue weighted by Crippen LogP contribution is 2.54. The molecule has 0 aliphatic carbocycles. The maximum atomic E-state index is 13.6. The normalized spacial score (nSPS) is 27.5. The molecule has 1 aromatic carbocycles. The highest BCUT2D eigenvalue weighted by atomic mass is 35.5. The van der Waals surface area contributed by atoms with Crippen molar-refractivity contribution < 1.29 is 18.7 Å². The van der Waals surface area contributed by atoms with E-state index in [1.165, 1.54) is 17.0 Å². The Kier molecular flexibility index (Phi) is 3.19. The first kappa shape index (κ1) is 14.6. The quantitative estimate of drug-likeness (QED) is 0.685. The number of amides is 1. The van der Waals surface area contributed by atoms with E-state index in [0.717, 1.165) is 0 Å². The fraction of sp³-hybridized carbons (Fsp3) is 0.533. The number of nitrogens with zero attached hydrogens (tertiary/aromatic N) is 1. The van der Waals surface area contributed by atoms with Crippen LogP contribution in [0.4, 0.5) is 14.9 Å². The number of alkyl halides is 1. The van der Waals surface area contributed by atoms with Crippen LogP contribution in [0.25, 0.3) is 0 Å². The Balaban J connectivity index is 2.04. The lowest BCUT2D eigenvalue weighted by Gasteiger charge is -2.29. The molecule has 0 aromatic heterocycles. The van der Waals surface area contributed by atoms with Gasteiger partial charge in [0.05, 0.1) is 12.3 Å². The van der Waals surface area contributed by atoms with E-state index in [9.17, 15) is 9.18 Å². The Morgan fingerprint density at radius 2 is 2.24 bits per heavy atom. The molecule has 0 unspecified atom stereocenters. The molecule has 0 N–H and O–H groups in total. The van der Waals surface area contributed by atoms with E-state index in [2.05, 4.69) is 0 Å². The van der Waals surface area contributed by atoms with Crippen molar-refractivity contribution >= 4 is 23.4 Å². The number of halogens is 2. The van der Waals surface area contributed by atoms with Gasteiger partial charge in [0, 0.05) is 5.56 Å². The summed E-state index contributed by atoms with van der Waals surface area (Å²) in [6, 6.07) is 4.21. The standard InChI is InChI=1S/C15H17ClFNO3/c1-14(2,3)21-13(19)18-11-5-4-9(17)8-10(11)15(16)6-7-20-12(15)18/h4-5,8,12H,6-7H2,1-3H3/t12-,15+/m0/s1. The molecule has 2 atom stereocenters. The van der Waals surface area contributed by atoms with E-state index in [4.69, 9.17) is 21.1 Å². The molecule has 0 saturated carbocycles. The molecule has 0 radical (unpaired) electrons. The van der Waals surface area contributed by atoms with Crippen molar-refractivity contribution in [3.8, 4) is 0 Å². The third-order valence-electron chi connectivity index (χ3n) is 3.62. The average Bonchev–Trinajstić information content (AvgIpc) is 2.81. The molecule has 114 valence electrons. The summed E-state index contributed by atoms with van der Waals surface area (Å²) in [6.45, 7) is 5.78. The largest absolute Gasteiger partial charge is 0.443 e. The predicted molar refractivity (Wildman–Crippen MR) is 77.0 cm³/mol. The Bertz CT molecular complexity index is 601. The summed E-state index contributed by atoms with van der Waals surface area (Å²) >= 11 is 6.64. The van der Waals surface area contributed by atoms with Crippen LogP contribution >= 0.6 is 11.6 Å². The number of rotatable bonds is 0. The summed E-state index contributed by atoms with van der Waals surface area (Å²) in [5, 5.41) is 0. The van der Waals surface area contributed by atoms with Crippen LogP contribution in [0.5, 0.6) is 0 Å². The van der Waals surface area contributed by atoms with Gasteiger partial charge in [-0.2, -0.15) is 0 Å². The summed E-state index contributed by atoms with van der Waals surface area (Å²) in [4.78, 5) is 12.9.